The normalized spacial score (nSPS) is 17.5. The fourth-order valence-electron chi connectivity index (χ4n) is 2.96. The van der Waals surface area contributed by atoms with Gasteiger partial charge in [0, 0.05) is 18.3 Å². The van der Waals surface area contributed by atoms with Gasteiger partial charge in [-0.15, -0.1) is 0 Å². The molecule has 1 unspecified atom stereocenters. The van der Waals surface area contributed by atoms with E-state index in [1.165, 1.54) is 29.8 Å². The highest BCUT2D eigenvalue weighted by Gasteiger charge is 2.19. The van der Waals surface area contributed by atoms with Crippen LogP contribution < -0.4 is 5.32 Å². The highest BCUT2D eigenvalue weighted by Crippen LogP contribution is 2.23. The minimum Gasteiger partial charge on any atom is -0.319 e. The summed E-state index contributed by atoms with van der Waals surface area (Å²) in [7, 11) is 2.00. The predicted octanol–water partition coefficient (Wildman–Crippen LogP) is 2.53. The molecule has 3 rings (SSSR count). The van der Waals surface area contributed by atoms with E-state index in [-0.39, 0.29) is 5.82 Å². The number of rotatable bonds is 4. The van der Waals surface area contributed by atoms with Gasteiger partial charge in [-0.25, -0.2) is 14.4 Å². The van der Waals surface area contributed by atoms with Crippen molar-refractivity contribution >= 4 is 0 Å². The Morgan fingerprint density at radius 1 is 1.29 bits per heavy atom. The summed E-state index contributed by atoms with van der Waals surface area (Å²) in [5.74, 6) is 1.31. The number of halogens is 1. The zero-order valence-corrected chi connectivity index (χ0v) is 12.3. The maximum absolute atomic E-state index is 12.9. The van der Waals surface area contributed by atoms with Crippen LogP contribution in [0.4, 0.5) is 4.39 Å². The number of hydrogen-bond donors (Lipinski definition) is 1. The number of nitrogens with zero attached hydrogens (tertiary/aromatic N) is 2. The Hall–Kier alpha value is -1.81. The molecule has 1 N–H and O–H groups in total. The average Bonchev–Trinajstić information content (AvgIpc) is 2.50. The Bertz CT molecular complexity index is 610. The maximum Gasteiger partial charge on any atom is 0.132 e. The van der Waals surface area contributed by atoms with Crippen molar-refractivity contribution in [3.8, 4) is 0 Å². The lowest BCUT2D eigenvalue weighted by atomic mass is 9.87. The van der Waals surface area contributed by atoms with Crippen LogP contribution in [0.25, 0.3) is 0 Å². The first-order chi connectivity index (χ1) is 10.2. The lowest BCUT2D eigenvalue weighted by molar-refractivity contribution is 0.433. The Kier molecular flexibility index (Phi) is 4.25. The van der Waals surface area contributed by atoms with Crippen LogP contribution in [-0.2, 0) is 19.3 Å². The molecule has 1 aromatic heterocycles. The molecule has 0 saturated carbocycles. The van der Waals surface area contributed by atoms with Crippen molar-refractivity contribution in [1.29, 1.82) is 0 Å². The van der Waals surface area contributed by atoms with Gasteiger partial charge in [0.2, 0.25) is 0 Å². The summed E-state index contributed by atoms with van der Waals surface area (Å²) in [6, 6.07) is 6.55. The van der Waals surface area contributed by atoms with E-state index in [1.54, 1.807) is 12.1 Å². The molecule has 0 fully saturated rings. The number of aromatic nitrogens is 2. The van der Waals surface area contributed by atoms with E-state index >= 15 is 0 Å². The van der Waals surface area contributed by atoms with Gasteiger partial charge in [-0.2, -0.15) is 0 Å². The number of fused-ring (bicyclic) bond motifs is 1. The van der Waals surface area contributed by atoms with E-state index in [9.17, 15) is 4.39 Å². The summed E-state index contributed by atoms with van der Waals surface area (Å²) in [4.78, 5) is 9.18. The quantitative estimate of drug-likeness (QED) is 0.938. The molecule has 3 nitrogen and oxygen atoms in total. The van der Waals surface area contributed by atoms with E-state index in [1.807, 2.05) is 13.2 Å². The number of benzene rings is 1. The van der Waals surface area contributed by atoms with E-state index in [0.717, 1.165) is 30.8 Å². The molecule has 1 heterocycles. The minimum absolute atomic E-state index is 0.208. The van der Waals surface area contributed by atoms with Crippen molar-refractivity contribution in [2.24, 2.45) is 5.92 Å². The van der Waals surface area contributed by atoms with Crippen LogP contribution in [0.1, 0.15) is 29.1 Å². The predicted molar refractivity (Wildman–Crippen MR) is 80.7 cm³/mol. The van der Waals surface area contributed by atoms with Crippen molar-refractivity contribution in [3.63, 3.8) is 0 Å². The number of aryl methyl sites for hydroxylation is 1. The van der Waals surface area contributed by atoms with E-state index in [2.05, 4.69) is 10.3 Å². The number of hydrogen-bond acceptors (Lipinski definition) is 3. The summed E-state index contributed by atoms with van der Waals surface area (Å²) < 4.78 is 12.9. The van der Waals surface area contributed by atoms with Gasteiger partial charge in [0.05, 0.1) is 0 Å². The first-order valence-corrected chi connectivity index (χ1v) is 7.47. The molecule has 1 aliphatic rings. The van der Waals surface area contributed by atoms with Gasteiger partial charge in [-0.1, -0.05) is 12.1 Å². The van der Waals surface area contributed by atoms with Gasteiger partial charge >= 0.3 is 0 Å². The van der Waals surface area contributed by atoms with Crippen LogP contribution in [0.3, 0.4) is 0 Å². The van der Waals surface area contributed by atoms with Crippen LogP contribution in [0.5, 0.6) is 0 Å². The molecule has 0 bridgehead atoms. The molecule has 1 aromatic carbocycles. The summed E-state index contributed by atoms with van der Waals surface area (Å²) >= 11 is 0. The molecular weight excluding hydrogens is 265 g/mol. The fraction of sp³-hybridized carbons (Fsp3) is 0.412. The van der Waals surface area contributed by atoms with Gasteiger partial charge in [0.15, 0.2) is 0 Å². The smallest absolute Gasteiger partial charge is 0.132 e. The zero-order chi connectivity index (χ0) is 14.7. The monoisotopic (exact) mass is 285 g/mol. The Balaban J connectivity index is 1.73. The zero-order valence-electron chi connectivity index (χ0n) is 12.3. The summed E-state index contributed by atoms with van der Waals surface area (Å²) in [5.41, 5.74) is 3.51. The molecule has 1 atom stereocenters. The third kappa shape index (κ3) is 3.45. The lowest BCUT2D eigenvalue weighted by Crippen LogP contribution is -2.25. The fourth-order valence-corrected chi connectivity index (χ4v) is 2.96. The van der Waals surface area contributed by atoms with Crippen LogP contribution in [0, 0.1) is 11.7 Å². The summed E-state index contributed by atoms with van der Waals surface area (Å²) in [6.45, 7) is 1.05. The molecule has 1 aliphatic carbocycles. The van der Waals surface area contributed by atoms with Crippen molar-refractivity contribution < 1.29 is 4.39 Å². The highest BCUT2D eigenvalue weighted by molar-refractivity contribution is 5.24. The highest BCUT2D eigenvalue weighted by atomic mass is 19.1. The minimum atomic E-state index is -0.208. The SMILES string of the molecule is CNCC1CCc2nc(Cc3ccc(F)cc3)ncc2C1. The van der Waals surface area contributed by atoms with Crippen molar-refractivity contribution in [3.05, 3.63) is 58.9 Å². The van der Waals surface area contributed by atoms with Gasteiger partial charge in [-0.3, -0.25) is 0 Å². The van der Waals surface area contributed by atoms with Gasteiger partial charge in [-0.05, 0) is 62.0 Å². The van der Waals surface area contributed by atoms with Crippen LogP contribution in [0.15, 0.2) is 30.5 Å². The van der Waals surface area contributed by atoms with Crippen LogP contribution in [0.2, 0.25) is 0 Å². The second-order valence-electron chi connectivity index (χ2n) is 5.73. The first kappa shape index (κ1) is 14.1. The van der Waals surface area contributed by atoms with E-state index < -0.39 is 0 Å². The summed E-state index contributed by atoms with van der Waals surface area (Å²) in [6.07, 6.45) is 5.91. The molecule has 0 amide bonds. The molecule has 0 radical (unpaired) electrons. The topological polar surface area (TPSA) is 37.8 Å². The van der Waals surface area contributed by atoms with E-state index in [4.69, 9.17) is 4.98 Å². The second-order valence-corrected chi connectivity index (χ2v) is 5.73. The average molecular weight is 285 g/mol. The molecule has 0 spiro atoms. The van der Waals surface area contributed by atoms with Crippen molar-refractivity contribution in [2.75, 3.05) is 13.6 Å². The molecule has 0 saturated heterocycles. The molecule has 2 aromatic rings. The van der Waals surface area contributed by atoms with Gasteiger partial charge in [0.1, 0.15) is 11.6 Å². The maximum atomic E-state index is 12.9. The van der Waals surface area contributed by atoms with Crippen molar-refractivity contribution in [1.82, 2.24) is 15.3 Å². The summed E-state index contributed by atoms with van der Waals surface area (Å²) in [5, 5.41) is 3.25. The third-order valence-corrected chi connectivity index (χ3v) is 4.07. The lowest BCUT2D eigenvalue weighted by Gasteiger charge is -2.23. The Morgan fingerprint density at radius 3 is 2.86 bits per heavy atom. The largest absolute Gasteiger partial charge is 0.319 e. The second kappa shape index (κ2) is 6.31. The first-order valence-electron chi connectivity index (χ1n) is 7.47. The molecular formula is C17H20FN3. The van der Waals surface area contributed by atoms with Gasteiger partial charge < -0.3 is 5.32 Å². The standard InChI is InChI=1S/C17H20FN3/c1-19-10-13-4-7-16-14(8-13)11-20-17(21-16)9-12-2-5-15(18)6-3-12/h2-3,5-6,11,13,19H,4,7-10H2,1H3. The van der Waals surface area contributed by atoms with E-state index in [0.29, 0.717) is 12.3 Å². The van der Waals surface area contributed by atoms with Crippen LogP contribution >= 0.6 is 0 Å². The molecule has 21 heavy (non-hydrogen) atoms. The molecule has 0 aliphatic heterocycles. The van der Waals surface area contributed by atoms with Gasteiger partial charge in [0.25, 0.3) is 0 Å². The van der Waals surface area contributed by atoms with Crippen LogP contribution in [-0.4, -0.2) is 23.6 Å². The third-order valence-electron chi connectivity index (χ3n) is 4.07. The Labute approximate surface area is 124 Å². The Morgan fingerprint density at radius 2 is 2.10 bits per heavy atom. The number of nitrogens with one attached hydrogen (secondary N) is 1. The van der Waals surface area contributed by atoms with Crippen molar-refractivity contribution in [2.45, 2.75) is 25.7 Å². The molecule has 110 valence electrons. The molecule has 4 heteroatoms.